The van der Waals surface area contributed by atoms with Gasteiger partial charge in [0.2, 0.25) is 0 Å². The molecule has 88 valence electrons. The molecular weight excluding hydrogens is 218 g/mol. The molecule has 1 N–H and O–H groups in total. The van der Waals surface area contributed by atoms with Gasteiger partial charge in [0, 0.05) is 16.7 Å². The van der Waals surface area contributed by atoms with E-state index in [1.807, 2.05) is 6.07 Å². The second-order valence-corrected chi connectivity index (χ2v) is 6.04. The summed E-state index contributed by atoms with van der Waals surface area (Å²) in [5.74, 6) is 1.26. The van der Waals surface area contributed by atoms with Crippen LogP contribution in [0.4, 0.5) is 0 Å². The fraction of sp³-hybridized carbons (Fsp3) is 0.538. The number of benzene rings is 1. The molecule has 1 aliphatic heterocycles. The molecule has 3 heteroatoms. The number of nitrogens with one attached hydrogen (secondary N) is 1. The number of hydrogen-bond donors (Lipinski definition) is 1. The van der Waals surface area contributed by atoms with E-state index in [2.05, 4.69) is 38.2 Å². The Labute approximate surface area is 99.9 Å². The van der Waals surface area contributed by atoms with Crippen LogP contribution in [-0.4, -0.2) is 16.5 Å². The molecule has 0 fully saturated rings. The lowest BCUT2D eigenvalue weighted by atomic mass is 9.98. The lowest BCUT2D eigenvalue weighted by molar-refractivity contribution is 0.602. The molecule has 1 aromatic carbocycles. The highest BCUT2D eigenvalue weighted by Gasteiger charge is 2.27. The minimum Gasteiger partial charge on any atom is -0.309 e. The van der Waals surface area contributed by atoms with E-state index >= 15 is 0 Å². The van der Waals surface area contributed by atoms with Crippen molar-refractivity contribution in [3.8, 4) is 0 Å². The van der Waals surface area contributed by atoms with Crippen LogP contribution >= 0.6 is 0 Å². The smallest absolute Gasteiger partial charge is 0.0552 e. The monoisotopic (exact) mass is 237 g/mol. The van der Waals surface area contributed by atoms with E-state index in [-0.39, 0.29) is 6.04 Å². The van der Waals surface area contributed by atoms with Gasteiger partial charge in [-0.15, -0.1) is 0 Å². The average Bonchev–Trinajstić information content (AvgIpc) is 2.56. The molecule has 0 saturated carbocycles. The zero-order valence-electron chi connectivity index (χ0n) is 10.1. The van der Waals surface area contributed by atoms with Crippen molar-refractivity contribution in [2.24, 2.45) is 0 Å². The van der Waals surface area contributed by atoms with E-state index in [4.69, 9.17) is 0 Å². The molecule has 1 aliphatic rings. The van der Waals surface area contributed by atoms with Crippen LogP contribution in [0.15, 0.2) is 23.1 Å². The maximum absolute atomic E-state index is 11.9. The highest BCUT2D eigenvalue weighted by Crippen LogP contribution is 2.32. The predicted molar refractivity (Wildman–Crippen MR) is 68.2 cm³/mol. The van der Waals surface area contributed by atoms with Crippen molar-refractivity contribution in [1.29, 1.82) is 0 Å². The molecule has 0 saturated heterocycles. The number of hydrogen-bond acceptors (Lipinski definition) is 2. The first-order chi connectivity index (χ1) is 7.63. The van der Waals surface area contributed by atoms with Gasteiger partial charge >= 0.3 is 0 Å². The van der Waals surface area contributed by atoms with Gasteiger partial charge < -0.3 is 5.32 Å². The summed E-state index contributed by atoms with van der Waals surface area (Å²) in [4.78, 5) is 1.02. The highest BCUT2D eigenvalue weighted by atomic mass is 32.2. The Hall–Kier alpha value is -0.670. The summed E-state index contributed by atoms with van der Waals surface area (Å²) in [5.41, 5.74) is 2.58. The standard InChI is InChI=1S/C13H19NOS/c1-4-14-12-8-16(15)13-6-5-10(9(2)3)7-11(12)13/h5-7,9,12,14H,4,8H2,1-3H3. The maximum Gasteiger partial charge on any atom is 0.0552 e. The first kappa shape index (κ1) is 11.8. The van der Waals surface area contributed by atoms with Gasteiger partial charge in [0.05, 0.1) is 10.8 Å². The minimum absolute atomic E-state index is 0.277. The average molecular weight is 237 g/mol. The van der Waals surface area contributed by atoms with Crippen molar-refractivity contribution < 1.29 is 4.21 Å². The van der Waals surface area contributed by atoms with Crippen LogP contribution in [0.5, 0.6) is 0 Å². The van der Waals surface area contributed by atoms with Gasteiger partial charge in [-0.2, -0.15) is 0 Å². The molecule has 0 aromatic heterocycles. The van der Waals surface area contributed by atoms with Crippen LogP contribution in [0.25, 0.3) is 0 Å². The molecule has 2 nitrogen and oxygen atoms in total. The van der Waals surface area contributed by atoms with Gasteiger partial charge in [-0.3, -0.25) is 4.21 Å². The Morgan fingerprint density at radius 3 is 2.88 bits per heavy atom. The molecule has 0 aliphatic carbocycles. The second-order valence-electron chi connectivity index (χ2n) is 4.57. The van der Waals surface area contributed by atoms with Crippen molar-refractivity contribution in [2.45, 2.75) is 37.6 Å². The molecule has 1 aromatic rings. The zero-order chi connectivity index (χ0) is 11.7. The molecule has 16 heavy (non-hydrogen) atoms. The van der Waals surface area contributed by atoms with Gasteiger partial charge in [0.15, 0.2) is 0 Å². The minimum atomic E-state index is -0.813. The van der Waals surface area contributed by atoms with Gasteiger partial charge in [-0.1, -0.05) is 32.9 Å². The molecule has 0 radical (unpaired) electrons. The normalized spacial score (nSPS) is 23.8. The van der Waals surface area contributed by atoms with Crippen LogP contribution in [0, 0.1) is 0 Å². The first-order valence-corrected chi connectivity index (χ1v) is 7.21. The van der Waals surface area contributed by atoms with Crippen LogP contribution in [0.3, 0.4) is 0 Å². The van der Waals surface area contributed by atoms with Crippen molar-refractivity contribution in [3.63, 3.8) is 0 Å². The van der Waals surface area contributed by atoms with Gasteiger partial charge in [-0.05, 0) is 29.7 Å². The molecule has 2 rings (SSSR count). The fourth-order valence-corrected chi connectivity index (χ4v) is 3.62. The van der Waals surface area contributed by atoms with Crippen LogP contribution in [0.1, 0.15) is 43.9 Å². The van der Waals surface area contributed by atoms with E-state index in [0.717, 1.165) is 17.2 Å². The van der Waals surface area contributed by atoms with Crippen LogP contribution in [-0.2, 0) is 10.8 Å². The number of fused-ring (bicyclic) bond motifs is 1. The number of rotatable bonds is 3. The van der Waals surface area contributed by atoms with Crippen molar-refractivity contribution in [3.05, 3.63) is 29.3 Å². The van der Waals surface area contributed by atoms with Crippen molar-refractivity contribution in [2.75, 3.05) is 12.3 Å². The summed E-state index contributed by atoms with van der Waals surface area (Å²) in [6, 6.07) is 6.64. The van der Waals surface area contributed by atoms with Crippen molar-refractivity contribution in [1.82, 2.24) is 5.32 Å². The molecular formula is C13H19NOS. The lowest BCUT2D eigenvalue weighted by Gasteiger charge is -2.13. The third-order valence-electron chi connectivity index (χ3n) is 3.09. The summed E-state index contributed by atoms with van der Waals surface area (Å²) in [5, 5.41) is 3.40. The largest absolute Gasteiger partial charge is 0.309 e. The SMILES string of the molecule is CCNC1CS(=O)c2ccc(C(C)C)cc21. The predicted octanol–water partition coefficient (Wildman–Crippen LogP) is 2.58. The van der Waals surface area contributed by atoms with E-state index in [1.165, 1.54) is 11.1 Å². The summed E-state index contributed by atoms with van der Waals surface area (Å²) < 4.78 is 11.9. The van der Waals surface area contributed by atoms with Crippen LogP contribution < -0.4 is 5.32 Å². The summed E-state index contributed by atoms with van der Waals surface area (Å²) in [6.45, 7) is 7.40. The third-order valence-corrected chi connectivity index (χ3v) is 4.59. The van der Waals surface area contributed by atoms with Crippen LogP contribution in [0.2, 0.25) is 0 Å². The van der Waals surface area contributed by atoms with E-state index in [0.29, 0.717) is 5.92 Å². The summed E-state index contributed by atoms with van der Waals surface area (Å²) >= 11 is 0. The van der Waals surface area contributed by atoms with Gasteiger partial charge in [0.1, 0.15) is 0 Å². The molecule has 0 bridgehead atoms. The maximum atomic E-state index is 11.9. The Kier molecular flexibility index (Phi) is 3.45. The lowest BCUT2D eigenvalue weighted by Crippen LogP contribution is -2.21. The molecule has 0 amide bonds. The quantitative estimate of drug-likeness (QED) is 0.875. The highest BCUT2D eigenvalue weighted by molar-refractivity contribution is 7.85. The first-order valence-electron chi connectivity index (χ1n) is 5.89. The fourth-order valence-electron chi connectivity index (χ4n) is 2.15. The van der Waals surface area contributed by atoms with E-state index in [1.54, 1.807) is 0 Å². The molecule has 2 atom stereocenters. The Morgan fingerprint density at radius 2 is 2.25 bits per heavy atom. The summed E-state index contributed by atoms with van der Waals surface area (Å²) in [6.07, 6.45) is 0. The van der Waals surface area contributed by atoms with Crippen molar-refractivity contribution >= 4 is 10.8 Å². The molecule has 0 spiro atoms. The Morgan fingerprint density at radius 1 is 1.50 bits per heavy atom. The summed E-state index contributed by atoms with van der Waals surface area (Å²) in [7, 11) is -0.813. The van der Waals surface area contributed by atoms with E-state index in [9.17, 15) is 4.21 Å². The van der Waals surface area contributed by atoms with E-state index < -0.39 is 10.8 Å². The second kappa shape index (κ2) is 4.68. The Bertz CT molecular complexity index is 414. The van der Waals surface area contributed by atoms with Gasteiger partial charge in [-0.25, -0.2) is 0 Å². The zero-order valence-corrected chi connectivity index (χ0v) is 10.9. The topological polar surface area (TPSA) is 29.1 Å². The third kappa shape index (κ3) is 2.06. The Balaban J connectivity index is 2.39. The van der Waals surface area contributed by atoms with Gasteiger partial charge in [0.25, 0.3) is 0 Å². The molecule has 2 unspecified atom stereocenters. The molecule has 1 heterocycles.